The van der Waals surface area contributed by atoms with Crippen molar-refractivity contribution < 1.29 is 9.53 Å². The molecule has 1 aromatic carbocycles. The molecular formula is C13H18O2. The van der Waals surface area contributed by atoms with Gasteiger partial charge in [0, 0.05) is 6.61 Å². The number of aryl methyl sites for hydroxylation is 2. The van der Waals surface area contributed by atoms with Crippen molar-refractivity contribution in [3.63, 3.8) is 0 Å². The Morgan fingerprint density at radius 2 is 2.00 bits per heavy atom. The third kappa shape index (κ3) is 2.90. The second-order valence-corrected chi connectivity index (χ2v) is 3.79. The van der Waals surface area contributed by atoms with Crippen molar-refractivity contribution in [3.05, 3.63) is 34.9 Å². The second-order valence-electron chi connectivity index (χ2n) is 3.79. The Morgan fingerprint density at radius 1 is 1.33 bits per heavy atom. The van der Waals surface area contributed by atoms with Gasteiger partial charge in [-0.1, -0.05) is 18.2 Å². The summed E-state index contributed by atoms with van der Waals surface area (Å²) in [4.78, 5) is 11.4. The van der Waals surface area contributed by atoms with E-state index in [1.807, 2.05) is 32.0 Å². The highest BCUT2D eigenvalue weighted by Gasteiger charge is 2.16. The summed E-state index contributed by atoms with van der Waals surface area (Å²) < 4.78 is 5.43. The van der Waals surface area contributed by atoms with Crippen LogP contribution in [0.4, 0.5) is 0 Å². The summed E-state index contributed by atoms with van der Waals surface area (Å²) >= 11 is 0. The fourth-order valence-corrected chi connectivity index (χ4v) is 1.54. The van der Waals surface area contributed by atoms with Crippen LogP contribution in [-0.4, -0.2) is 12.4 Å². The van der Waals surface area contributed by atoms with E-state index < -0.39 is 6.10 Å². The number of hydrogen-bond acceptors (Lipinski definition) is 2. The molecule has 0 fully saturated rings. The highest BCUT2D eigenvalue weighted by Crippen LogP contribution is 2.21. The Labute approximate surface area is 91.3 Å². The molecule has 15 heavy (non-hydrogen) atoms. The topological polar surface area (TPSA) is 26.3 Å². The number of Topliss-reactive ketones (excluding diaryl/α,β-unsaturated/α-hetero) is 1. The summed E-state index contributed by atoms with van der Waals surface area (Å²) in [6.45, 7) is 8.12. The third-order valence-corrected chi connectivity index (χ3v) is 2.54. The maximum Gasteiger partial charge on any atom is 0.163 e. The Hall–Kier alpha value is -1.15. The SMILES string of the molecule is CCOC(C(C)=O)c1ccc(C)c(C)c1. The highest BCUT2D eigenvalue weighted by atomic mass is 16.5. The second kappa shape index (κ2) is 5.08. The first-order valence-electron chi connectivity index (χ1n) is 5.25. The minimum atomic E-state index is -0.408. The molecular weight excluding hydrogens is 188 g/mol. The Kier molecular flexibility index (Phi) is 4.04. The summed E-state index contributed by atoms with van der Waals surface area (Å²) in [7, 11) is 0. The molecule has 1 atom stereocenters. The van der Waals surface area contributed by atoms with Crippen LogP contribution < -0.4 is 0 Å². The van der Waals surface area contributed by atoms with Gasteiger partial charge in [-0.3, -0.25) is 4.79 Å². The van der Waals surface area contributed by atoms with Crippen LogP contribution in [-0.2, 0) is 9.53 Å². The summed E-state index contributed by atoms with van der Waals surface area (Å²) in [6, 6.07) is 6.01. The summed E-state index contributed by atoms with van der Waals surface area (Å²) in [6.07, 6.45) is -0.408. The lowest BCUT2D eigenvalue weighted by Gasteiger charge is -2.15. The van der Waals surface area contributed by atoms with Crippen molar-refractivity contribution >= 4 is 5.78 Å². The molecule has 0 aliphatic heterocycles. The maximum atomic E-state index is 11.4. The van der Waals surface area contributed by atoms with E-state index in [1.165, 1.54) is 11.1 Å². The van der Waals surface area contributed by atoms with Crippen molar-refractivity contribution in [2.75, 3.05) is 6.61 Å². The number of carbonyl (C=O) groups is 1. The number of rotatable bonds is 4. The van der Waals surface area contributed by atoms with Gasteiger partial charge in [-0.25, -0.2) is 0 Å². The van der Waals surface area contributed by atoms with Gasteiger partial charge in [0.2, 0.25) is 0 Å². The first kappa shape index (κ1) is 11.9. The minimum Gasteiger partial charge on any atom is -0.366 e. The van der Waals surface area contributed by atoms with E-state index >= 15 is 0 Å². The van der Waals surface area contributed by atoms with Crippen LogP contribution in [0.25, 0.3) is 0 Å². The van der Waals surface area contributed by atoms with Gasteiger partial charge in [0.05, 0.1) is 0 Å². The average Bonchev–Trinajstić information content (AvgIpc) is 2.18. The largest absolute Gasteiger partial charge is 0.366 e. The minimum absolute atomic E-state index is 0.0557. The van der Waals surface area contributed by atoms with Gasteiger partial charge in [-0.05, 0) is 44.4 Å². The van der Waals surface area contributed by atoms with E-state index in [0.29, 0.717) is 6.61 Å². The predicted molar refractivity (Wildman–Crippen MR) is 61.0 cm³/mol. The molecule has 0 aromatic heterocycles. The molecule has 0 spiro atoms. The van der Waals surface area contributed by atoms with Crippen molar-refractivity contribution in [2.24, 2.45) is 0 Å². The van der Waals surface area contributed by atoms with Gasteiger partial charge in [0.25, 0.3) is 0 Å². The number of ketones is 1. The molecule has 2 heteroatoms. The van der Waals surface area contributed by atoms with Gasteiger partial charge in [-0.15, -0.1) is 0 Å². The van der Waals surface area contributed by atoms with Crippen molar-refractivity contribution in [1.29, 1.82) is 0 Å². The molecule has 0 saturated carbocycles. The Morgan fingerprint density at radius 3 is 2.47 bits per heavy atom. The van der Waals surface area contributed by atoms with E-state index in [1.54, 1.807) is 6.92 Å². The lowest BCUT2D eigenvalue weighted by molar-refractivity contribution is -0.128. The molecule has 0 N–H and O–H groups in total. The zero-order chi connectivity index (χ0) is 11.4. The molecule has 0 amide bonds. The van der Waals surface area contributed by atoms with E-state index in [9.17, 15) is 4.79 Å². The van der Waals surface area contributed by atoms with E-state index in [0.717, 1.165) is 5.56 Å². The molecule has 1 aromatic rings. The molecule has 82 valence electrons. The van der Waals surface area contributed by atoms with Gasteiger partial charge < -0.3 is 4.74 Å². The highest BCUT2D eigenvalue weighted by molar-refractivity contribution is 5.82. The molecule has 0 saturated heterocycles. The predicted octanol–water partition coefficient (Wildman–Crippen LogP) is 2.97. The zero-order valence-corrected chi connectivity index (χ0v) is 9.83. The molecule has 0 aliphatic carbocycles. The first-order chi connectivity index (χ1) is 7.06. The van der Waals surface area contributed by atoms with Crippen molar-refractivity contribution in [3.8, 4) is 0 Å². The summed E-state index contributed by atoms with van der Waals surface area (Å²) in [5, 5.41) is 0. The lowest BCUT2D eigenvalue weighted by Crippen LogP contribution is -2.13. The molecule has 2 nitrogen and oxygen atoms in total. The van der Waals surface area contributed by atoms with Gasteiger partial charge in [0.15, 0.2) is 5.78 Å². The summed E-state index contributed by atoms with van der Waals surface area (Å²) in [5.74, 6) is 0.0557. The van der Waals surface area contributed by atoms with Crippen LogP contribution in [0.15, 0.2) is 18.2 Å². The fraction of sp³-hybridized carbons (Fsp3) is 0.462. The molecule has 1 rings (SSSR count). The Balaban J connectivity index is 3.01. The van der Waals surface area contributed by atoms with Crippen LogP contribution in [0, 0.1) is 13.8 Å². The fourth-order valence-electron chi connectivity index (χ4n) is 1.54. The average molecular weight is 206 g/mol. The van der Waals surface area contributed by atoms with Gasteiger partial charge in [-0.2, -0.15) is 0 Å². The molecule has 0 radical (unpaired) electrons. The molecule has 0 bridgehead atoms. The van der Waals surface area contributed by atoms with E-state index in [2.05, 4.69) is 6.92 Å². The first-order valence-corrected chi connectivity index (χ1v) is 5.25. The molecule has 1 unspecified atom stereocenters. The normalized spacial score (nSPS) is 12.5. The molecule has 0 heterocycles. The van der Waals surface area contributed by atoms with E-state index in [-0.39, 0.29) is 5.78 Å². The smallest absolute Gasteiger partial charge is 0.163 e. The maximum absolute atomic E-state index is 11.4. The third-order valence-electron chi connectivity index (χ3n) is 2.54. The van der Waals surface area contributed by atoms with Gasteiger partial charge >= 0.3 is 0 Å². The van der Waals surface area contributed by atoms with Crippen molar-refractivity contribution in [2.45, 2.75) is 33.8 Å². The monoisotopic (exact) mass is 206 g/mol. The standard InChI is InChI=1S/C13H18O2/c1-5-15-13(11(4)14)12-7-6-9(2)10(3)8-12/h6-8,13H,5H2,1-4H3. The van der Waals surface area contributed by atoms with E-state index in [4.69, 9.17) is 4.74 Å². The number of carbonyl (C=O) groups excluding carboxylic acids is 1. The van der Waals surface area contributed by atoms with Crippen LogP contribution in [0.5, 0.6) is 0 Å². The number of benzene rings is 1. The van der Waals surface area contributed by atoms with Crippen molar-refractivity contribution in [1.82, 2.24) is 0 Å². The molecule has 0 aliphatic rings. The number of ether oxygens (including phenoxy) is 1. The van der Waals surface area contributed by atoms with Crippen LogP contribution in [0.3, 0.4) is 0 Å². The van der Waals surface area contributed by atoms with Crippen LogP contribution in [0.1, 0.15) is 36.6 Å². The van der Waals surface area contributed by atoms with Crippen LogP contribution >= 0.6 is 0 Å². The Bertz CT molecular complexity index is 356. The number of hydrogen-bond donors (Lipinski definition) is 0. The zero-order valence-electron chi connectivity index (χ0n) is 9.83. The lowest BCUT2D eigenvalue weighted by atomic mass is 10.0. The summed E-state index contributed by atoms with van der Waals surface area (Å²) in [5.41, 5.74) is 3.38. The van der Waals surface area contributed by atoms with Gasteiger partial charge in [0.1, 0.15) is 6.10 Å². The van der Waals surface area contributed by atoms with Crippen LogP contribution in [0.2, 0.25) is 0 Å². The quantitative estimate of drug-likeness (QED) is 0.757.